The number of rotatable bonds is 1. The molecule has 2 heterocycles. The molecular formula is C10H18ClN5O. The third-order valence-corrected chi connectivity index (χ3v) is 3.07. The molecule has 1 aliphatic rings. The smallest absolute Gasteiger partial charge is 0.276 e. The minimum absolute atomic E-state index is 0. The van der Waals surface area contributed by atoms with E-state index in [4.69, 9.17) is 0 Å². The molecule has 0 aromatic carbocycles. The van der Waals surface area contributed by atoms with Crippen LogP contribution in [-0.4, -0.2) is 51.5 Å². The number of amides is 1. The maximum absolute atomic E-state index is 12.2. The number of piperazine rings is 1. The van der Waals surface area contributed by atoms with Gasteiger partial charge in [0.15, 0.2) is 5.69 Å². The van der Waals surface area contributed by atoms with Crippen LogP contribution in [-0.2, 0) is 7.05 Å². The highest BCUT2D eigenvalue weighted by atomic mass is 35.5. The molecule has 1 aromatic rings. The third kappa shape index (κ3) is 2.58. The average molecular weight is 260 g/mol. The van der Waals surface area contributed by atoms with E-state index in [0.29, 0.717) is 5.69 Å². The van der Waals surface area contributed by atoms with Crippen molar-refractivity contribution < 1.29 is 4.79 Å². The van der Waals surface area contributed by atoms with E-state index in [-0.39, 0.29) is 24.4 Å². The first-order valence-electron chi connectivity index (χ1n) is 5.49. The molecule has 2 rings (SSSR count). The van der Waals surface area contributed by atoms with Gasteiger partial charge in [0.2, 0.25) is 0 Å². The zero-order chi connectivity index (χ0) is 11.7. The van der Waals surface area contributed by atoms with Crippen molar-refractivity contribution in [2.45, 2.75) is 19.9 Å². The first kappa shape index (κ1) is 13.9. The van der Waals surface area contributed by atoms with E-state index in [1.807, 2.05) is 18.7 Å². The van der Waals surface area contributed by atoms with E-state index in [1.54, 1.807) is 11.7 Å². The molecule has 0 spiro atoms. The van der Waals surface area contributed by atoms with E-state index in [1.165, 1.54) is 0 Å². The Hall–Kier alpha value is -1.14. The van der Waals surface area contributed by atoms with Gasteiger partial charge in [-0.3, -0.25) is 9.48 Å². The second-order valence-electron chi connectivity index (χ2n) is 4.20. The van der Waals surface area contributed by atoms with E-state index in [9.17, 15) is 4.79 Å². The van der Waals surface area contributed by atoms with Crippen LogP contribution in [0.15, 0.2) is 0 Å². The SMILES string of the molecule is Cc1c(C(=O)N2CCNC[C@H]2C)nnn1C.Cl. The molecular weight excluding hydrogens is 242 g/mol. The topological polar surface area (TPSA) is 63.1 Å². The third-order valence-electron chi connectivity index (χ3n) is 3.07. The van der Waals surface area contributed by atoms with E-state index in [0.717, 1.165) is 25.3 Å². The Bertz CT molecular complexity index is 405. The van der Waals surface area contributed by atoms with Gasteiger partial charge in [0, 0.05) is 32.7 Å². The first-order valence-corrected chi connectivity index (χ1v) is 5.49. The normalized spacial score (nSPS) is 19.9. The monoisotopic (exact) mass is 259 g/mol. The summed E-state index contributed by atoms with van der Waals surface area (Å²) >= 11 is 0. The van der Waals surface area contributed by atoms with Gasteiger partial charge in [-0.2, -0.15) is 0 Å². The fraction of sp³-hybridized carbons (Fsp3) is 0.700. The van der Waals surface area contributed by atoms with Crippen LogP contribution >= 0.6 is 12.4 Å². The number of carbonyl (C=O) groups excluding carboxylic acids is 1. The standard InChI is InChI=1S/C10H17N5O.ClH/c1-7-6-11-4-5-15(7)10(16)9-8(2)14(3)13-12-9;/h7,11H,4-6H2,1-3H3;1H/t7-;/m1./s1. The lowest BCUT2D eigenvalue weighted by Crippen LogP contribution is -2.52. The average Bonchev–Trinajstić information content (AvgIpc) is 2.60. The molecule has 0 radical (unpaired) electrons. The number of nitrogens with zero attached hydrogens (tertiary/aromatic N) is 4. The van der Waals surface area contributed by atoms with Crippen LogP contribution in [0.2, 0.25) is 0 Å². The number of aryl methyl sites for hydroxylation is 1. The number of aromatic nitrogens is 3. The van der Waals surface area contributed by atoms with Crippen LogP contribution in [0.1, 0.15) is 23.1 Å². The number of hydrogen-bond donors (Lipinski definition) is 1. The van der Waals surface area contributed by atoms with Gasteiger partial charge < -0.3 is 10.2 Å². The Balaban J connectivity index is 0.00000144. The summed E-state index contributed by atoms with van der Waals surface area (Å²) in [4.78, 5) is 14.1. The Morgan fingerprint density at radius 1 is 1.53 bits per heavy atom. The molecule has 1 aromatic heterocycles. The molecule has 1 amide bonds. The van der Waals surface area contributed by atoms with Crippen molar-refractivity contribution in [3.63, 3.8) is 0 Å². The maximum atomic E-state index is 12.2. The van der Waals surface area contributed by atoms with Crippen molar-refractivity contribution in [3.8, 4) is 0 Å². The molecule has 17 heavy (non-hydrogen) atoms. The molecule has 1 saturated heterocycles. The Morgan fingerprint density at radius 2 is 2.24 bits per heavy atom. The van der Waals surface area contributed by atoms with Crippen LogP contribution in [0.4, 0.5) is 0 Å². The van der Waals surface area contributed by atoms with Gasteiger partial charge in [0.05, 0.1) is 5.69 Å². The van der Waals surface area contributed by atoms with Crippen LogP contribution in [0, 0.1) is 6.92 Å². The van der Waals surface area contributed by atoms with Gasteiger partial charge in [0.1, 0.15) is 0 Å². The van der Waals surface area contributed by atoms with Crippen LogP contribution in [0.3, 0.4) is 0 Å². The van der Waals surface area contributed by atoms with Gasteiger partial charge in [-0.1, -0.05) is 5.21 Å². The lowest BCUT2D eigenvalue weighted by molar-refractivity contribution is 0.0648. The Kier molecular flexibility index (Phi) is 4.47. The second-order valence-corrected chi connectivity index (χ2v) is 4.20. The van der Waals surface area contributed by atoms with Crippen molar-refractivity contribution >= 4 is 18.3 Å². The van der Waals surface area contributed by atoms with E-state index >= 15 is 0 Å². The summed E-state index contributed by atoms with van der Waals surface area (Å²) < 4.78 is 1.63. The molecule has 7 heteroatoms. The molecule has 96 valence electrons. The molecule has 0 bridgehead atoms. The predicted octanol–water partition coefficient (Wildman–Crippen LogP) is -0.0208. The minimum Gasteiger partial charge on any atom is -0.332 e. The van der Waals surface area contributed by atoms with Crippen molar-refractivity contribution in [1.82, 2.24) is 25.2 Å². The number of nitrogens with one attached hydrogen (secondary N) is 1. The lowest BCUT2D eigenvalue weighted by atomic mass is 10.2. The quantitative estimate of drug-likeness (QED) is 0.770. The summed E-state index contributed by atoms with van der Waals surface area (Å²) in [6.45, 7) is 6.31. The predicted molar refractivity (Wildman–Crippen MR) is 66.4 cm³/mol. The number of hydrogen-bond acceptors (Lipinski definition) is 4. The first-order chi connectivity index (χ1) is 7.61. The van der Waals surface area contributed by atoms with Gasteiger partial charge in [-0.15, -0.1) is 17.5 Å². The summed E-state index contributed by atoms with van der Waals surface area (Å²) in [5.74, 6) is -0.0143. The fourth-order valence-electron chi connectivity index (χ4n) is 1.88. The van der Waals surface area contributed by atoms with Crippen molar-refractivity contribution in [1.29, 1.82) is 0 Å². The van der Waals surface area contributed by atoms with Crippen LogP contribution in [0.5, 0.6) is 0 Å². The Morgan fingerprint density at radius 3 is 2.76 bits per heavy atom. The summed E-state index contributed by atoms with van der Waals surface area (Å²) in [6.07, 6.45) is 0. The molecule has 0 unspecified atom stereocenters. The summed E-state index contributed by atoms with van der Waals surface area (Å²) in [6, 6.07) is 0.211. The molecule has 1 aliphatic heterocycles. The van der Waals surface area contributed by atoms with E-state index in [2.05, 4.69) is 15.6 Å². The van der Waals surface area contributed by atoms with Crippen molar-refractivity contribution in [2.24, 2.45) is 7.05 Å². The second kappa shape index (κ2) is 5.46. The highest BCUT2D eigenvalue weighted by Gasteiger charge is 2.27. The molecule has 6 nitrogen and oxygen atoms in total. The molecule has 0 aliphatic carbocycles. The van der Waals surface area contributed by atoms with Gasteiger partial charge in [-0.25, -0.2) is 0 Å². The minimum atomic E-state index is -0.0143. The zero-order valence-corrected chi connectivity index (χ0v) is 11.1. The highest BCUT2D eigenvalue weighted by molar-refractivity contribution is 5.93. The van der Waals surface area contributed by atoms with Gasteiger partial charge in [0.25, 0.3) is 5.91 Å². The lowest BCUT2D eigenvalue weighted by Gasteiger charge is -2.33. The Labute approximate surface area is 107 Å². The number of carbonyl (C=O) groups is 1. The molecule has 1 fully saturated rings. The summed E-state index contributed by atoms with van der Waals surface area (Å²) in [7, 11) is 1.79. The molecule has 1 N–H and O–H groups in total. The summed E-state index contributed by atoms with van der Waals surface area (Å²) in [5, 5.41) is 11.0. The highest BCUT2D eigenvalue weighted by Crippen LogP contribution is 2.10. The van der Waals surface area contributed by atoms with Gasteiger partial charge in [-0.05, 0) is 13.8 Å². The number of halogens is 1. The van der Waals surface area contributed by atoms with Crippen molar-refractivity contribution in [2.75, 3.05) is 19.6 Å². The van der Waals surface area contributed by atoms with Crippen LogP contribution < -0.4 is 5.32 Å². The van der Waals surface area contributed by atoms with Crippen LogP contribution in [0.25, 0.3) is 0 Å². The largest absolute Gasteiger partial charge is 0.332 e. The fourth-order valence-corrected chi connectivity index (χ4v) is 1.88. The van der Waals surface area contributed by atoms with E-state index < -0.39 is 0 Å². The zero-order valence-electron chi connectivity index (χ0n) is 10.3. The maximum Gasteiger partial charge on any atom is 0.276 e. The van der Waals surface area contributed by atoms with Gasteiger partial charge >= 0.3 is 0 Å². The molecule has 0 saturated carbocycles. The molecule has 1 atom stereocenters. The summed E-state index contributed by atoms with van der Waals surface area (Å²) in [5.41, 5.74) is 1.28. The van der Waals surface area contributed by atoms with Crippen molar-refractivity contribution in [3.05, 3.63) is 11.4 Å².